The maximum atomic E-state index is 12.0. The van der Waals surface area contributed by atoms with Crippen LogP contribution in [0.3, 0.4) is 0 Å². The number of carbonyl (C=O) groups is 1. The fourth-order valence-corrected chi connectivity index (χ4v) is 2.38. The molecule has 2 rings (SSSR count). The molecule has 2 aromatic rings. The highest BCUT2D eigenvalue weighted by molar-refractivity contribution is 14.0. The average molecular weight is 484 g/mol. The summed E-state index contributed by atoms with van der Waals surface area (Å²) in [6.45, 7) is 5.29. The molecule has 0 aliphatic carbocycles. The first-order valence-corrected chi connectivity index (χ1v) is 8.99. The van der Waals surface area contributed by atoms with E-state index in [2.05, 4.69) is 20.9 Å². The molecule has 1 amide bonds. The molecule has 0 fully saturated rings. The predicted molar refractivity (Wildman–Crippen MR) is 121 cm³/mol. The summed E-state index contributed by atoms with van der Waals surface area (Å²) in [6, 6.07) is 11.7. The van der Waals surface area contributed by atoms with Gasteiger partial charge in [-0.05, 0) is 36.2 Å². The normalized spacial score (nSPS) is 12.0. The number of furan rings is 1. The van der Waals surface area contributed by atoms with E-state index in [9.17, 15) is 4.79 Å². The van der Waals surface area contributed by atoms with Gasteiger partial charge in [0.25, 0.3) is 0 Å². The molecule has 0 aliphatic heterocycles. The summed E-state index contributed by atoms with van der Waals surface area (Å²) in [5.74, 6) is 1.73. The lowest BCUT2D eigenvalue weighted by atomic mass is 10.1. The molecule has 148 valence electrons. The summed E-state index contributed by atoms with van der Waals surface area (Å²) < 4.78 is 5.31. The van der Waals surface area contributed by atoms with E-state index >= 15 is 0 Å². The van der Waals surface area contributed by atoms with Crippen molar-refractivity contribution in [1.82, 2.24) is 10.6 Å². The molecular formula is C20H29IN4O2. The number of guanidine groups is 1. The molecule has 6 nitrogen and oxygen atoms in total. The zero-order chi connectivity index (χ0) is 18.8. The second-order valence-electron chi connectivity index (χ2n) is 6.18. The number of hydrogen-bond acceptors (Lipinski definition) is 3. The van der Waals surface area contributed by atoms with Crippen LogP contribution < -0.4 is 16.0 Å². The molecule has 27 heavy (non-hydrogen) atoms. The number of anilines is 1. The summed E-state index contributed by atoms with van der Waals surface area (Å²) in [4.78, 5) is 16.2. The number of rotatable bonds is 8. The van der Waals surface area contributed by atoms with Crippen LogP contribution in [0.15, 0.2) is 52.1 Å². The first-order chi connectivity index (χ1) is 12.6. The Balaban J connectivity index is 0.00000364. The van der Waals surface area contributed by atoms with Gasteiger partial charge in [-0.2, -0.15) is 0 Å². The molecule has 7 heteroatoms. The molecule has 0 aliphatic rings. The molecular weight excluding hydrogens is 455 g/mol. The zero-order valence-corrected chi connectivity index (χ0v) is 18.4. The van der Waals surface area contributed by atoms with Gasteiger partial charge in [-0.1, -0.05) is 26.0 Å². The minimum absolute atomic E-state index is 0. The molecule has 0 bridgehead atoms. The van der Waals surface area contributed by atoms with Crippen molar-refractivity contribution in [2.45, 2.75) is 33.2 Å². The first kappa shape index (κ1) is 23.0. The van der Waals surface area contributed by atoms with Crippen molar-refractivity contribution in [3.63, 3.8) is 0 Å². The molecule has 1 atom stereocenters. The van der Waals surface area contributed by atoms with E-state index < -0.39 is 0 Å². The smallest absolute Gasteiger partial charge is 0.227 e. The molecule has 1 aromatic carbocycles. The highest BCUT2D eigenvalue weighted by Gasteiger charge is 2.10. The summed E-state index contributed by atoms with van der Waals surface area (Å²) in [5, 5.41) is 9.49. The van der Waals surface area contributed by atoms with Gasteiger partial charge in [0.1, 0.15) is 5.76 Å². The summed E-state index contributed by atoms with van der Waals surface area (Å²) in [5.41, 5.74) is 1.89. The monoisotopic (exact) mass is 484 g/mol. The van der Waals surface area contributed by atoms with Crippen LogP contribution in [0.5, 0.6) is 0 Å². The van der Waals surface area contributed by atoms with E-state index in [1.54, 1.807) is 13.3 Å². The van der Waals surface area contributed by atoms with Crippen LogP contribution in [-0.2, 0) is 17.8 Å². The molecule has 0 saturated heterocycles. The van der Waals surface area contributed by atoms with Crippen LogP contribution in [0, 0.1) is 5.92 Å². The van der Waals surface area contributed by atoms with Crippen molar-refractivity contribution < 1.29 is 9.21 Å². The van der Waals surface area contributed by atoms with E-state index in [1.165, 1.54) is 0 Å². The number of nitrogens with one attached hydrogen (secondary N) is 3. The Morgan fingerprint density at radius 1 is 1.22 bits per heavy atom. The van der Waals surface area contributed by atoms with E-state index in [4.69, 9.17) is 4.42 Å². The SMILES string of the molecule is CCC(C)C(=O)Nc1cccc(CNC(=NC)NCCc2ccco2)c1.I. The number of benzene rings is 1. The largest absolute Gasteiger partial charge is 0.469 e. The van der Waals surface area contributed by atoms with Crippen molar-refractivity contribution >= 4 is 41.5 Å². The molecule has 0 saturated carbocycles. The van der Waals surface area contributed by atoms with Gasteiger partial charge in [-0.15, -0.1) is 24.0 Å². The number of hydrogen-bond donors (Lipinski definition) is 3. The Kier molecular flexibility index (Phi) is 10.5. The standard InChI is InChI=1S/C20H28N4O2.HI/c1-4-15(2)19(25)24-17-8-5-7-16(13-17)14-23-20(21-3)22-11-10-18-9-6-12-26-18;/h5-9,12-13,15H,4,10-11,14H2,1-3H3,(H,24,25)(H2,21,22,23);1H. The fourth-order valence-electron chi connectivity index (χ4n) is 2.38. The topological polar surface area (TPSA) is 78.7 Å². The minimum atomic E-state index is 0. The Bertz CT molecular complexity index is 717. The highest BCUT2D eigenvalue weighted by atomic mass is 127. The number of nitrogens with zero attached hydrogens (tertiary/aromatic N) is 1. The van der Waals surface area contributed by atoms with Gasteiger partial charge in [-0.25, -0.2) is 0 Å². The Labute approximate surface area is 178 Å². The van der Waals surface area contributed by atoms with Gasteiger partial charge >= 0.3 is 0 Å². The van der Waals surface area contributed by atoms with Gasteiger partial charge < -0.3 is 20.4 Å². The molecule has 0 radical (unpaired) electrons. The Morgan fingerprint density at radius 2 is 2.04 bits per heavy atom. The first-order valence-electron chi connectivity index (χ1n) is 8.99. The quantitative estimate of drug-likeness (QED) is 0.303. The summed E-state index contributed by atoms with van der Waals surface area (Å²) in [7, 11) is 1.74. The lowest BCUT2D eigenvalue weighted by Crippen LogP contribution is -2.37. The van der Waals surface area contributed by atoms with Crippen molar-refractivity contribution in [1.29, 1.82) is 0 Å². The van der Waals surface area contributed by atoms with Gasteiger partial charge in [0.05, 0.1) is 6.26 Å². The van der Waals surface area contributed by atoms with Gasteiger partial charge in [0, 0.05) is 38.2 Å². The minimum Gasteiger partial charge on any atom is -0.469 e. The van der Waals surface area contributed by atoms with E-state index in [0.29, 0.717) is 6.54 Å². The predicted octanol–water partition coefficient (Wildman–Crippen LogP) is 3.79. The molecule has 3 N–H and O–H groups in total. The van der Waals surface area contributed by atoms with Crippen LogP contribution in [0.4, 0.5) is 5.69 Å². The van der Waals surface area contributed by atoms with Crippen LogP contribution in [0.1, 0.15) is 31.6 Å². The Morgan fingerprint density at radius 3 is 2.70 bits per heavy atom. The second kappa shape index (κ2) is 12.4. The van der Waals surface area contributed by atoms with Gasteiger partial charge in [-0.3, -0.25) is 9.79 Å². The Hall–Kier alpha value is -2.03. The molecule has 0 spiro atoms. The second-order valence-corrected chi connectivity index (χ2v) is 6.18. The van der Waals surface area contributed by atoms with Crippen LogP contribution in [0.25, 0.3) is 0 Å². The van der Waals surface area contributed by atoms with Crippen molar-refractivity contribution in [3.05, 3.63) is 54.0 Å². The van der Waals surface area contributed by atoms with Crippen molar-refractivity contribution in [2.24, 2.45) is 10.9 Å². The van der Waals surface area contributed by atoms with E-state index in [-0.39, 0.29) is 35.8 Å². The van der Waals surface area contributed by atoms with E-state index in [1.807, 2.05) is 50.2 Å². The maximum Gasteiger partial charge on any atom is 0.227 e. The number of halogens is 1. The van der Waals surface area contributed by atoms with Crippen molar-refractivity contribution in [2.75, 3.05) is 18.9 Å². The van der Waals surface area contributed by atoms with Gasteiger partial charge in [0.2, 0.25) is 5.91 Å². The average Bonchev–Trinajstić information content (AvgIpc) is 3.17. The maximum absolute atomic E-state index is 12.0. The van der Waals surface area contributed by atoms with E-state index in [0.717, 1.165) is 42.4 Å². The van der Waals surface area contributed by atoms with Crippen LogP contribution in [0.2, 0.25) is 0 Å². The van der Waals surface area contributed by atoms with Crippen LogP contribution >= 0.6 is 24.0 Å². The number of aliphatic imine (C=N–C) groups is 1. The lowest BCUT2D eigenvalue weighted by molar-refractivity contribution is -0.119. The molecule has 1 heterocycles. The fraction of sp³-hybridized carbons (Fsp3) is 0.400. The van der Waals surface area contributed by atoms with Crippen molar-refractivity contribution in [3.8, 4) is 0 Å². The number of carbonyl (C=O) groups excluding carboxylic acids is 1. The zero-order valence-electron chi connectivity index (χ0n) is 16.1. The lowest BCUT2D eigenvalue weighted by Gasteiger charge is -2.13. The third-order valence-electron chi connectivity index (χ3n) is 4.18. The third-order valence-corrected chi connectivity index (χ3v) is 4.18. The number of amides is 1. The molecule has 1 unspecified atom stereocenters. The third kappa shape index (κ3) is 8.03. The summed E-state index contributed by atoms with van der Waals surface area (Å²) in [6.07, 6.45) is 3.30. The molecule has 1 aromatic heterocycles. The van der Waals surface area contributed by atoms with Gasteiger partial charge in [0.15, 0.2) is 5.96 Å². The highest BCUT2D eigenvalue weighted by Crippen LogP contribution is 2.13. The summed E-state index contributed by atoms with van der Waals surface area (Å²) >= 11 is 0. The van der Waals surface area contributed by atoms with Crippen LogP contribution in [-0.4, -0.2) is 25.5 Å².